The van der Waals surface area contributed by atoms with Gasteiger partial charge in [0.1, 0.15) is 29.0 Å². The van der Waals surface area contributed by atoms with Crippen LogP contribution in [0.5, 0.6) is 5.75 Å². The summed E-state index contributed by atoms with van der Waals surface area (Å²) in [6.45, 7) is 4.91. The van der Waals surface area contributed by atoms with Gasteiger partial charge in [0, 0.05) is 18.9 Å². The van der Waals surface area contributed by atoms with E-state index in [1.165, 1.54) is 30.3 Å². The molecule has 0 bridgehead atoms. The first-order chi connectivity index (χ1) is 27.5. The van der Waals surface area contributed by atoms with Crippen LogP contribution in [0.4, 0.5) is 9.18 Å². The van der Waals surface area contributed by atoms with Crippen molar-refractivity contribution in [3.63, 3.8) is 0 Å². The van der Waals surface area contributed by atoms with E-state index in [4.69, 9.17) is 9.47 Å². The highest BCUT2D eigenvalue weighted by molar-refractivity contribution is 7.91. The Labute approximate surface area is 335 Å². The summed E-state index contributed by atoms with van der Waals surface area (Å²) >= 11 is 0. The minimum absolute atomic E-state index is 0.0587. The van der Waals surface area contributed by atoms with Crippen LogP contribution in [0.1, 0.15) is 84.6 Å². The van der Waals surface area contributed by atoms with Crippen molar-refractivity contribution in [2.75, 3.05) is 13.7 Å². The number of benzene rings is 2. The Hall–Kier alpha value is -5.32. The normalized spacial score (nSPS) is 26.0. The van der Waals surface area contributed by atoms with Crippen molar-refractivity contribution in [3.8, 4) is 16.9 Å². The zero-order valence-corrected chi connectivity index (χ0v) is 33.8. The molecule has 4 amide bonds. The molecule has 0 radical (unpaired) electrons. The van der Waals surface area contributed by atoms with Crippen LogP contribution in [0.3, 0.4) is 0 Å². The largest absolute Gasteiger partial charge is 0.491 e. The molecule has 58 heavy (non-hydrogen) atoms. The van der Waals surface area contributed by atoms with E-state index in [9.17, 15) is 36.8 Å². The Morgan fingerprint density at radius 2 is 1.81 bits per heavy atom. The van der Waals surface area contributed by atoms with Gasteiger partial charge in [-0.3, -0.25) is 23.9 Å². The summed E-state index contributed by atoms with van der Waals surface area (Å²) in [4.78, 5) is 71.5. The molecule has 3 aromatic rings. The fourth-order valence-electron chi connectivity index (χ4n) is 7.99. The lowest BCUT2D eigenvalue weighted by molar-refractivity contribution is -0.141. The molecule has 3 heterocycles. The highest BCUT2D eigenvalue weighted by Gasteiger charge is 2.62. The van der Waals surface area contributed by atoms with Gasteiger partial charge in [-0.05, 0) is 87.8 Å². The summed E-state index contributed by atoms with van der Waals surface area (Å²) in [6, 6.07) is 6.32. The molecule has 7 rings (SSSR count). The SMILES string of the molecule is COc1c(-c2cccc3cc(F)ccc23)cnn(C2C[C@H]3C(=O)NC4(C(=O)NS(=O)(=O)C5CC5)C[C@H]4/C=C\CCCCC[C@H](NC(=O)OC(C)(C)C)C(=O)N3C2)c1=O. The van der Waals surface area contributed by atoms with Crippen LogP contribution in [0.25, 0.3) is 21.9 Å². The van der Waals surface area contributed by atoms with E-state index in [1.807, 2.05) is 12.2 Å². The summed E-state index contributed by atoms with van der Waals surface area (Å²) in [7, 11) is -2.61. The Balaban J connectivity index is 1.25. The number of ether oxygens (including phenoxy) is 2. The summed E-state index contributed by atoms with van der Waals surface area (Å²) in [5.74, 6) is -3.14. The third kappa shape index (κ3) is 8.45. The zero-order chi connectivity index (χ0) is 41.6. The zero-order valence-electron chi connectivity index (χ0n) is 33.0. The van der Waals surface area contributed by atoms with Gasteiger partial charge in [-0.2, -0.15) is 5.10 Å². The number of allylic oxidation sites excluding steroid dienone is 1. The van der Waals surface area contributed by atoms with Crippen molar-refractivity contribution < 1.29 is 41.5 Å². The summed E-state index contributed by atoms with van der Waals surface area (Å²) in [6.07, 6.45) is 8.17. The van der Waals surface area contributed by atoms with Gasteiger partial charge in [0.25, 0.3) is 5.91 Å². The maximum Gasteiger partial charge on any atom is 0.408 e. The van der Waals surface area contributed by atoms with Crippen LogP contribution >= 0.6 is 0 Å². The van der Waals surface area contributed by atoms with Gasteiger partial charge in [0.05, 0.1) is 30.2 Å². The number of sulfonamides is 1. The molecule has 15 nitrogen and oxygen atoms in total. The highest BCUT2D eigenvalue weighted by Crippen LogP contribution is 2.46. The number of nitrogens with one attached hydrogen (secondary N) is 3. The van der Waals surface area contributed by atoms with Crippen molar-refractivity contribution >= 4 is 44.6 Å². The molecule has 2 aliphatic carbocycles. The van der Waals surface area contributed by atoms with Crippen LogP contribution in [-0.2, 0) is 29.1 Å². The molecule has 5 atom stereocenters. The maximum atomic E-state index is 14.6. The second-order valence-corrected chi connectivity index (χ2v) is 18.6. The second-order valence-electron chi connectivity index (χ2n) is 16.6. The van der Waals surface area contributed by atoms with E-state index in [0.717, 1.165) is 11.1 Å². The first-order valence-electron chi connectivity index (χ1n) is 19.7. The predicted octanol–water partition coefficient (Wildman–Crippen LogP) is 4.25. The fraction of sp³-hybridized carbons (Fsp3) is 0.512. The third-order valence-electron chi connectivity index (χ3n) is 11.2. The summed E-state index contributed by atoms with van der Waals surface area (Å²) in [5, 5.41) is 10.6. The van der Waals surface area contributed by atoms with Crippen LogP contribution < -0.4 is 25.7 Å². The lowest BCUT2D eigenvalue weighted by atomic mass is 9.99. The lowest BCUT2D eigenvalue weighted by Gasteiger charge is -2.30. The molecule has 2 aromatic carbocycles. The molecule has 310 valence electrons. The van der Waals surface area contributed by atoms with Gasteiger partial charge in [-0.15, -0.1) is 0 Å². The van der Waals surface area contributed by atoms with Crippen LogP contribution in [0.2, 0.25) is 0 Å². The monoisotopic (exact) mass is 820 g/mol. The number of nitrogens with zero attached hydrogens (tertiary/aromatic N) is 3. The first-order valence-corrected chi connectivity index (χ1v) is 21.2. The van der Waals surface area contributed by atoms with Gasteiger partial charge < -0.3 is 25.0 Å². The molecule has 0 spiro atoms. The maximum absolute atomic E-state index is 14.6. The van der Waals surface area contributed by atoms with Gasteiger partial charge >= 0.3 is 11.7 Å². The van der Waals surface area contributed by atoms with E-state index in [-0.39, 0.29) is 31.6 Å². The number of carbonyl (C=O) groups excluding carboxylic acids is 4. The Kier molecular flexibility index (Phi) is 11.1. The molecule has 2 saturated carbocycles. The molecule has 1 aromatic heterocycles. The van der Waals surface area contributed by atoms with Crippen molar-refractivity contribution in [2.45, 2.75) is 113 Å². The molecular weight excluding hydrogens is 772 g/mol. The van der Waals surface area contributed by atoms with Crippen LogP contribution in [0, 0.1) is 11.7 Å². The Bertz CT molecular complexity index is 2340. The molecular formula is C41H49FN6O9S. The lowest BCUT2D eigenvalue weighted by Crippen LogP contribution is -2.58. The first kappa shape index (κ1) is 40.9. The second kappa shape index (κ2) is 15.8. The number of rotatable bonds is 7. The van der Waals surface area contributed by atoms with Crippen molar-refractivity contribution in [1.29, 1.82) is 0 Å². The van der Waals surface area contributed by atoms with Crippen molar-refractivity contribution in [3.05, 3.63) is 70.9 Å². The van der Waals surface area contributed by atoms with Crippen LogP contribution in [0.15, 0.2) is 59.5 Å². The number of amides is 4. The van der Waals surface area contributed by atoms with Gasteiger partial charge in [-0.25, -0.2) is 22.3 Å². The van der Waals surface area contributed by atoms with Gasteiger partial charge in [-0.1, -0.05) is 49.3 Å². The Morgan fingerprint density at radius 3 is 2.53 bits per heavy atom. The van der Waals surface area contributed by atoms with Gasteiger partial charge in [0.15, 0.2) is 5.75 Å². The van der Waals surface area contributed by atoms with E-state index in [0.29, 0.717) is 54.0 Å². The quantitative estimate of drug-likeness (QED) is 0.290. The van der Waals surface area contributed by atoms with Crippen LogP contribution in [-0.4, -0.2) is 89.0 Å². The molecule has 17 heteroatoms. The number of fused-ring (bicyclic) bond motifs is 3. The molecule has 4 aliphatic rings. The molecule has 2 aliphatic heterocycles. The Morgan fingerprint density at radius 1 is 1.03 bits per heavy atom. The fourth-order valence-corrected chi connectivity index (χ4v) is 9.36. The smallest absolute Gasteiger partial charge is 0.408 e. The van der Waals surface area contributed by atoms with Crippen molar-refractivity contribution in [1.82, 2.24) is 30.0 Å². The number of hydrogen-bond acceptors (Lipinski definition) is 10. The van der Waals surface area contributed by atoms with Crippen molar-refractivity contribution in [2.24, 2.45) is 5.92 Å². The number of hydrogen-bond donors (Lipinski definition) is 3. The molecule has 3 fully saturated rings. The standard InChI is InChI=1S/C41H49FN6O9S/c1-40(2,3)57-39(53)44-32-14-9-7-5-6-8-12-25-21-41(25,38(52)46-58(54,55)28-16-17-28)45-35(49)33-20-27(23-47(33)36(32)50)48-37(51)34(56-4)31(22-43-48)30-13-10-11-24-19-26(42)15-18-29(24)30/h8,10-13,15,18-19,22,25,27-28,32-33H,5-7,9,14,16-17,20-21,23H2,1-4H3,(H,44,53)(H,45,49)(H,46,52)/b12-8-/t25-,27?,32+,33+,41?/m1/s1. The summed E-state index contributed by atoms with van der Waals surface area (Å²) in [5.41, 5.74) is -2.15. The number of halogens is 1. The number of aromatic nitrogens is 2. The molecule has 3 N–H and O–H groups in total. The third-order valence-corrected chi connectivity index (χ3v) is 13.0. The number of methoxy groups -OCH3 is 1. The van der Waals surface area contributed by atoms with E-state index >= 15 is 0 Å². The average molecular weight is 821 g/mol. The molecule has 1 saturated heterocycles. The topological polar surface area (TPSA) is 195 Å². The predicted molar refractivity (Wildman–Crippen MR) is 212 cm³/mol. The van der Waals surface area contributed by atoms with Gasteiger partial charge in [0.2, 0.25) is 21.8 Å². The van der Waals surface area contributed by atoms with E-state index < -0.39 is 85.6 Å². The van der Waals surface area contributed by atoms with E-state index in [2.05, 4.69) is 20.5 Å². The minimum Gasteiger partial charge on any atom is -0.491 e. The van der Waals surface area contributed by atoms with E-state index in [1.54, 1.807) is 45.0 Å². The highest BCUT2D eigenvalue weighted by atomic mass is 32.2. The number of carbonyl (C=O) groups is 4. The minimum atomic E-state index is -3.95. The average Bonchev–Trinajstić information content (AvgIpc) is 4.08. The summed E-state index contributed by atoms with van der Waals surface area (Å²) < 4.78 is 54.3. The number of alkyl carbamates (subject to hydrolysis) is 1. The molecule has 2 unspecified atom stereocenters.